The molecule has 1 fully saturated rings. The Morgan fingerprint density at radius 2 is 1.69 bits per heavy atom. The first-order valence-corrected chi connectivity index (χ1v) is 15.1. The number of likely N-dealkylation sites (tertiary alicyclic amines) is 1. The standard InChI is InChI=1S/C15H22N2.C12H19N.C6H12N2.C2H6.C2H4/c1-12-4-6-14(7-5-12)13(2)16-15-8-10-17(3)11-9-15;1-4-7-12(8-5-2)9-11-13-10-6-3;1-6(5-7-2)8(3)4;2*1-2/h4-7,15-16H,2,8-11H2,1,3H3;4,6-8,10H,3,5,9,11H2,1-2H3;5H,2H2,1,3-4H3;1-2H3;1-2H2/b;7-4-,12-8+,13-10?;6-5-;;. The Morgan fingerprint density at radius 3 is 2.12 bits per heavy atom. The Hall–Kier alpha value is -3.44. The van der Waals surface area contributed by atoms with Gasteiger partial charge in [-0.1, -0.05) is 93.6 Å². The number of piperidine rings is 1. The molecule has 5 heteroatoms. The van der Waals surface area contributed by atoms with Crippen LogP contribution in [0.4, 0.5) is 0 Å². The fraction of sp³-hybridized carbons (Fsp3) is 0.459. The predicted molar refractivity (Wildman–Crippen MR) is 195 cm³/mol. The van der Waals surface area contributed by atoms with Gasteiger partial charge in [-0.3, -0.25) is 9.98 Å². The Kier molecular flexibility index (Phi) is 31.3. The van der Waals surface area contributed by atoms with E-state index in [0.29, 0.717) is 6.04 Å². The van der Waals surface area contributed by atoms with E-state index in [4.69, 9.17) is 0 Å². The van der Waals surface area contributed by atoms with Gasteiger partial charge in [-0.05, 0) is 78.9 Å². The lowest BCUT2D eigenvalue weighted by Gasteiger charge is -2.30. The van der Waals surface area contributed by atoms with Crippen molar-refractivity contribution in [2.24, 2.45) is 9.98 Å². The van der Waals surface area contributed by atoms with Crippen LogP contribution in [0.25, 0.3) is 5.70 Å². The van der Waals surface area contributed by atoms with E-state index in [1.54, 1.807) is 18.5 Å². The molecule has 0 aliphatic carbocycles. The summed E-state index contributed by atoms with van der Waals surface area (Å²) in [6.07, 6.45) is 16.2. The van der Waals surface area contributed by atoms with E-state index < -0.39 is 0 Å². The Labute approximate surface area is 260 Å². The van der Waals surface area contributed by atoms with Crippen LogP contribution >= 0.6 is 0 Å². The first-order chi connectivity index (χ1) is 20.2. The molecule has 1 aliphatic rings. The second kappa shape index (κ2) is 30.5. The van der Waals surface area contributed by atoms with Gasteiger partial charge in [0.25, 0.3) is 0 Å². The Bertz CT molecular complexity index is 927. The highest BCUT2D eigenvalue weighted by Gasteiger charge is 2.16. The topological polar surface area (TPSA) is 43.2 Å². The molecular formula is C37H63N5. The van der Waals surface area contributed by atoms with Gasteiger partial charge in [-0.2, -0.15) is 0 Å². The third-order valence-electron chi connectivity index (χ3n) is 6.07. The minimum absolute atomic E-state index is 0.583. The van der Waals surface area contributed by atoms with Crippen LogP contribution in [0.2, 0.25) is 0 Å². The van der Waals surface area contributed by atoms with Gasteiger partial charge in [0.2, 0.25) is 0 Å². The van der Waals surface area contributed by atoms with E-state index in [2.05, 4.69) is 117 Å². The van der Waals surface area contributed by atoms with E-state index in [1.807, 2.05) is 46.7 Å². The van der Waals surface area contributed by atoms with Crippen molar-refractivity contribution in [3.05, 3.63) is 103 Å². The maximum Gasteiger partial charge on any atom is 0.0449 e. The minimum atomic E-state index is 0.583. The monoisotopic (exact) mass is 578 g/mol. The summed E-state index contributed by atoms with van der Waals surface area (Å²) in [6.45, 7) is 32.5. The SMILES string of the molecule is C=C.C=C(NC1CCN(C)CC1)c1ccc(C)cc1.C=CC=NCCC(/C=C\C)=C/CC.C=N/C=C(/C)N(C)C.CC. The zero-order chi connectivity index (χ0) is 32.8. The van der Waals surface area contributed by atoms with Gasteiger partial charge in [0, 0.05) is 50.5 Å². The van der Waals surface area contributed by atoms with E-state index in [0.717, 1.165) is 30.8 Å². The average molecular weight is 578 g/mol. The van der Waals surface area contributed by atoms with Crippen LogP contribution in [-0.2, 0) is 0 Å². The molecule has 0 amide bonds. The first kappa shape index (κ1) is 43.0. The maximum atomic E-state index is 4.18. The van der Waals surface area contributed by atoms with Gasteiger partial charge in [0.15, 0.2) is 0 Å². The third kappa shape index (κ3) is 24.4. The predicted octanol–water partition coefficient (Wildman–Crippen LogP) is 9.13. The van der Waals surface area contributed by atoms with E-state index >= 15 is 0 Å². The molecule has 0 bridgehead atoms. The van der Waals surface area contributed by atoms with Crippen molar-refractivity contribution in [2.45, 2.75) is 73.3 Å². The molecule has 1 aliphatic heterocycles. The Balaban J connectivity index is -0.000000542. The van der Waals surface area contributed by atoms with Crippen LogP contribution in [-0.4, -0.2) is 69.6 Å². The van der Waals surface area contributed by atoms with Crippen molar-refractivity contribution in [3.63, 3.8) is 0 Å². The van der Waals surface area contributed by atoms with Gasteiger partial charge >= 0.3 is 0 Å². The summed E-state index contributed by atoms with van der Waals surface area (Å²) in [4.78, 5) is 12.1. The van der Waals surface area contributed by atoms with Crippen LogP contribution in [0.1, 0.15) is 71.4 Å². The van der Waals surface area contributed by atoms with E-state index in [9.17, 15) is 0 Å². The van der Waals surface area contributed by atoms with Crippen molar-refractivity contribution in [3.8, 4) is 0 Å². The van der Waals surface area contributed by atoms with Crippen LogP contribution < -0.4 is 5.32 Å². The molecule has 0 aromatic heterocycles. The number of benzene rings is 1. The number of aliphatic imine (C=N–C) groups is 2. The molecule has 236 valence electrons. The zero-order valence-electron chi connectivity index (χ0n) is 28.6. The fourth-order valence-electron chi connectivity index (χ4n) is 3.56. The quantitative estimate of drug-likeness (QED) is 0.162. The van der Waals surface area contributed by atoms with Gasteiger partial charge in [0.05, 0.1) is 0 Å². The van der Waals surface area contributed by atoms with Gasteiger partial charge in [-0.25, -0.2) is 0 Å². The number of hydrogen-bond acceptors (Lipinski definition) is 5. The molecule has 0 saturated carbocycles. The van der Waals surface area contributed by atoms with Crippen LogP contribution in [0.15, 0.2) is 102 Å². The van der Waals surface area contributed by atoms with Gasteiger partial charge in [0.1, 0.15) is 0 Å². The second-order valence-electron chi connectivity index (χ2n) is 9.64. The molecule has 1 aromatic carbocycles. The second-order valence-corrected chi connectivity index (χ2v) is 9.64. The largest absolute Gasteiger partial charge is 0.382 e. The highest BCUT2D eigenvalue weighted by Crippen LogP contribution is 2.15. The molecule has 1 heterocycles. The van der Waals surface area contributed by atoms with Crippen LogP contribution in [0.3, 0.4) is 0 Å². The molecule has 1 aromatic rings. The maximum absolute atomic E-state index is 4.18. The zero-order valence-corrected chi connectivity index (χ0v) is 28.6. The molecule has 5 nitrogen and oxygen atoms in total. The molecule has 42 heavy (non-hydrogen) atoms. The van der Waals surface area contributed by atoms with Crippen LogP contribution in [0.5, 0.6) is 0 Å². The van der Waals surface area contributed by atoms with Crippen molar-refractivity contribution in [1.82, 2.24) is 15.1 Å². The van der Waals surface area contributed by atoms with Gasteiger partial charge < -0.3 is 15.1 Å². The number of hydrogen-bond donors (Lipinski definition) is 1. The number of nitrogens with one attached hydrogen (secondary N) is 1. The normalized spacial score (nSPS) is 13.6. The highest BCUT2D eigenvalue weighted by molar-refractivity contribution is 5.70. The van der Waals surface area contributed by atoms with E-state index in [-0.39, 0.29) is 0 Å². The summed E-state index contributed by atoms with van der Waals surface area (Å²) in [5.41, 5.74) is 6.03. The summed E-state index contributed by atoms with van der Waals surface area (Å²) >= 11 is 0. The number of nitrogens with zero attached hydrogens (tertiary/aromatic N) is 4. The summed E-state index contributed by atoms with van der Waals surface area (Å²) in [7, 11) is 6.12. The summed E-state index contributed by atoms with van der Waals surface area (Å²) in [5.74, 6) is 0. The Morgan fingerprint density at radius 1 is 1.12 bits per heavy atom. The number of aryl methyl sites for hydroxylation is 1. The van der Waals surface area contributed by atoms with Gasteiger partial charge in [-0.15, -0.1) is 13.2 Å². The molecule has 2 rings (SSSR count). The number of allylic oxidation sites excluding steroid dienone is 5. The summed E-state index contributed by atoms with van der Waals surface area (Å²) < 4.78 is 0. The molecule has 1 N–H and O–H groups in total. The minimum Gasteiger partial charge on any atom is -0.382 e. The molecular weight excluding hydrogens is 514 g/mol. The molecule has 0 unspecified atom stereocenters. The highest BCUT2D eigenvalue weighted by atomic mass is 15.1. The molecule has 0 spiro atoms. The third-order valence-corrected chi connectivity index (χ3v) is 6.07. The lowest BCUT2D eigenvalue weighted by molar-refractivity contribution is 0.245. The first-order valence-electron chi connectivity index (χ1n) is 15.1. The average Bonchev–Trinajstić information content (AvgIpc) is 3.00. The summed E-state index contributed by atoms with van der Waals surface area (Å²) in [5, 5.41) is 3.55. The molecule has 0 radical (unpaired) electrons. The fourth-order valence-corrected chi connectivity index (χ4v) is 3.56. The molecule has 1 saturated heterocycles. The van der Waals surface area contributed by atoms with Crippen molar-refractivity contribution < 1.29 is 0 Å². The smallest absolute Gasteiger partial charge is 0.0449 e. The molecule has 0 atom stereocenters. The number of rotatable bonds is 11. The van der Waals surface area contributed by atoms with E-state index in [1.165, 1.54) is 42.6 Å². The summed E-state index contributed by atoms with van der Waals surface area (Å²) in [6, 6.07) is 9.13. The van der Waals surface area contributed by atoms with Crippen LogP contribution in [0, 0.1) is 6.92 Å². The lowest BCUT2D eigenvalue weighted by Crippen LogP contribution is -2.39. The van der Waals surface area contributed by atoms with Crippen molar-refractivity contribution in [1.29, 1.82) is 0 Å². The van der Waals surface area contributed by atoms with Crippen molar-refractivity contribution >= 4 is 18.6 Å². The van der Waals surface area contributed by atoms with Crippen molar-refractivity contribution in [2.75, 3.05) is 40.8 Å². The lowest BCUT2D eigenvalue weighted by atomic mass is 10.0.